The quantitative estimate of drug-likeness (QED) is 0.660. The number of rotatable bonds is 4. The summed E-state index contributed by atoms with van der Waals surface area (Å²) in [6.07, 6.45) is 1.48. The molecule has 0 saturated carbocycles. The predicted octanol–water partition coefficient (Wildman–Crippen LogP) is 0.967. The smallest absolute Gasteiger partial charge is 0.270 e. The Bertz CT molecular complexity index is 594. The molecule has 1 saturated heterocycles. The molecule has 0 unspecified atom stereocenters. The van der Waals surface area contributed by atoms with Gasteiger partial charge in [-0.25, -0.2) is 13.1 Å². The Hall–Kier alpha value is -1.51. The van der Waals surface area contributed by atoms with Gasteiger partial charge in [-0.15, -0.1) is 0 Å². The molecular weight excluding hydrogens is 282 g/mol. The largest absolute Gasteiger partial charge is 0.306 e. The molecule has 0 aromatic heterocycles. The molecule has 8 heteroatoms. The van der Waals surface area contributed by atoms with E-state index < -0.39 is 14.9 Å². The Kier molecular flexibility index (Phi) is 4.36. The van der Waals surface area contributed by atoms with Gasteiger partial charge in [-0.2, -0.15) is 0 Å². The third kappa shape index (κ3) is 3.53. The van der Waals surface area contributed by atoms with Crippen molar-refractivity contribution in [3.63, 3.8) is 0 Å². The number of piperidine rings is 1. The topological polar surface area (TPSA) is 92.6 Å². The molecule has 1 aromatic rings. The molecule has 110 valence electrons. The normalized spacial score (nSPS) is 18.1. The maximum Gasteiger partial charge on any atom is 0.270 e. The van der Waals surface area contributed by atoms with Gasteiger partial charge in [0.2, 0.25) is 10.0 Å². The van der Waals surface area contributed by atoms with E-state index in [4.69, 9.17) is 0 Å². The summed E-state index contributed by atoms with van der Waals surface area (Å²) in [6.45, 7) is 1.67. The van der Waals surface area contributed by atoms with Crippen LogP contribution in [0.4, 0.5) is 5.69 Å². The minimum absolute atomic E-state index is 0.0642. The Morgan fingerprint density at radius 3 is 2.60 bits per heavy atom. The van der Waals surface area contributed by atoms with Crippen molar-refractivity contribution in [1.82, 2.24) is 9.62 Å². The van der Waals surface area contributed by atoms with Crippen LogP contribution in [0, 0.1) is 10.1 Å². The fraction of sp³-hybridized carbons (Fsp3) is 0.500. The molecular formula is C12H17N3O4S. The van der Waals surface area contributed by atoms with Crippen molar-refractivity contribution in [2.24, 2.45) is 0 Å². The van der Waals surface area contributed by atoms with Crippen LogP contribution in [0.2, 0.25) is 0 Å². The lowest BCUT2D eigenvalue weighted by molar-refractivity contribution is -0.385. The van der Waals surface area contributed by atoms with Crippen LogP contribution in [0.15, 0.2) is 29.2 Å². The lowest BCUT2D eigenvalue weighted by atomic mass is 10.1. The van der Waals surface area contributed by atoms with Gasteiger partial charge in [0.15, 0.2) is 0 Å². The van der Waals surface area contributed by atoms with E-state index in [1.807, 2.05) is 7.05 Å². The molecule has 0 amide bonds. The second kappa shape index (κ2) is 5.86. The van der Waals surface area contributed by atoms with Crippen LogP contribution >= 0.6 is 0 Å². The summed E-state index contributed by atoms with van der Waals surface area (Å²) < 4.78 is 27.0. The number of nitro groups is 1. The first-order valence-corrected chi connectivity index (χ1v) is 7.82. The van der Waals surface area contributed by atoms with Gasteiger partial charge in [-0.05, 0) is 39.0 Å². The van der Waals surface area contributed by atoms with Gasteiger partial charge < -0.3 is 4.90 Å². The fourth-order valence-corrected chi connectivity index (χ4v) is 3.52. The van der Waals surface area contributed by atoms with E-state index in [9.17, 15) is 18.5 Å². The predicted molar refractivity (Wildman–Crippen MR) is 73.9 cm³/mol. The van der Waals surface area contributed by atoms with Gasteiger partial charge in [-0.1, -0.05) is 6.07 Å². The number of likely N-dealkylation sites (tertiary alicyclic amines) is 1. The number of non-ortho nitro benzene ring substituents is 1. The number of nitrogens with zero attached hydrogens (tertiary/aromatic N) is 2. The third-order valence-electron chi connectivity index (χ3n) is 3.38. The fourth-order valence-electron chi connectivity index (χ4n) is 2.18. The lowest BCUT2D eigenvalue weighted by Gasteiger charge is -2.29. The lowest BCUT2D eigenvalue weighted by Crippen LogP contribution is -2.43. The molecule has 0 bridgehead atoms. The maximum absolute atomic E-state index is 12.2. The highest BCUT2D eigenvalue weighted by Gasteiger charge is 2.24. The molecule has 0 atom stereocenters. The van der Waals surface area contributed by atoms with Crippen molar-refractivity contribution in [2.75, 3.05) is 20.1 Å². The molecule has 0 radical (unpaired) electrons. The number of nitro benzene ring substituents is 1. The zero-order valence-corrected chi connectivity index (χ0v) is 12.0. The number of sulfonamides is 1. The van der Waals surface area contributed by atoms with Gasteiger partial charge in [0.1, 0.15) is 0 Å². The Morgan fingerprint density at radius 2 is 2.00 bits per heavy atom. The first-order chi connectivity index (χ1) is 9.38. The van der Waals surface area contributed by atoms with Crippen LogP contribution in [0.25, 0.3) is 0 Å². The molecule has 0 aliphatic carbocycles. The minimum atomic E-state index is -3.71. The Morgan fingerprint density at radius 1 is 1.35 bits per heavy atom. The molecule has 1 aliphatic heterocycles. The standard InChI is InChI=1S/C12H17N3O4S/c1-14-7-5-10(6-8-14)13-20(18,19)12-4-2-3-11(9-12)15(16)17/h2-4,9-10,13H,5-8H2,1H3. The number of benzene rings is 1. The van der Waals surface area contributed by atoms with Crippen molar-refractivity contribution in [1.29, 1.82) is 0 Å². The summed E-state index contributed by atoms with van der Waals surface area (Å²) in [5, 5.41) is 10.7. The molecule has 7 nitrogen and oxygen atoms in total. The van der Waals surface area contributed by atoms with Crippen LogP contribution < -0.4 is 4.72 Å². The van der Waals surface area contributed by atoms with Gasteiger partial charge >= 0.3 is 0 Å². The van der Waals surface area contributed by atoms with Gasteiger partial charge in [0.05, 0.1) is 9.82 Å². The highest BCUT2D eigenvalue weighted by atomic mass is 32.2. The summed E-state index contributed by atoms with van der Waals surface area (Å²) in [4.78, 5) is 12.2. The van der Waals surface area contributed by atoms with Crippen molar-refractivity contribution in [2.45, 2.75) is 23.8 Å². The molecule has 20 heavy (non-hydrogen) atoms. The van der Waals surface area contributed by atoms with Crippen molar-refractivity contribution < 1.29 is 13.3 Å². The third-order valence-corrected chi connectivity index (χ3v) is 4.90. The van der Waals surface area contributed by atoms with Gasteiger partial charge in [0, 0.05) is 18.2 Å². The molecule has 1 aromatic carbocycles. The summed E-state index contributed by atoms with van der Waals surface area (Å²) in [5.41, 5.74) is -0.226. The first-order valence-electron chi connectivity index (χ1n) is 6.34. The van der Waals surface area contributed by atoms with E-state index >= 15 is 0 Å². The number of hydrogen-bond acceptors (Lipinski definition) is 5. The second-order valence-electron chi connectivity index (χ2n) is 4.95. The van der Waals surface area contributed by atoms with Crippen LogP contribution in [0.3, 0.4) is 0 Å². The van der Waals surface area contributed by atoms with Crippen molar-refractivity contribution in [3.8, 4) is 0 Å². The minimum Gasteiger partial charge on any atom is -0.306 e. The van der Waals surface area contributed by atoms with E-state index in [0.717, 1.165) is 32.0 Å². The monoisotopic (exact) mass is 299 g/mol. The average Bonchev–Trinajstić information content (AvgIpc) is 2.41. The molecule has 0 spiro atoms. The molecule has 1 aliphatic rings. The average molecular weight is 299 g/mol. The van der Waals surface area contributed by atoms with E-state index in [-0.39, 0.29) is 16.6 Å². The molecule has 1 N–H and O–H groups in total. The molecule has 1 fully saturated rings. The van der Waals surface area contributed by atoms with Gasteiger partial charge in [0.25, 0.3) is 5.69 Å². The highest BCUT2D eigenvalue weighted by Crippen LogP contribution is 2.19. The highest BCUT2D eigenvalue weighted by molar-refractivity contribution is 7.89. The SMILES string of the molecule is CN1CCC(NS(=O)(=O)c2cccc([N+](=O)[O-])c2)CC1. The first kappa shape index (κ1) is 14.9. The van der Waals surface area contributed by atoms with E-state index in [1.54, 1.807) is 0 Å². The number of nitrogens with one attached hydrogen (secondary N) is 1. The van der Waals surface area contributed by atoms with Crippen LogP contribution in [-0.4, -0.2) is 44.4 Å². The Labute approximate surface area is 117 Å². The molecule has 2 rings (SSSR count). The maximum atomic E-state index is 12.2. The van der Waals surface area contributed by atoms with E-state index in [2.05, 4.69) is 9.62 Å². The van der Waals surface area contributed by atoms with Crippen molar-refractivity contribution in [3.05, 3.63) is 34.4 Å². The number of hydrogen-bond donors (Lipinski definition) is 1. The summed E-state index contributed by atoms with van der Waals surface area (Å²) >= 11 is 0. The van der Waals surface area contributed by atoms with Crippen molar-refractivity contribution >= 4 is 15.7 Å². The zero-order valence-electron chi connectivity index (χ0n) is 11.2. The van der Waals surface area contributed by atoms with E-state index in [1.165, 1.54) is 18.2 Å². The van der Waals surface area contributed by atoms with Crippen LogP contribution in [0.5, 0.6) is 0 Å². The second-order valence-corrected chi connectivity index (χ2v) is 6.67. The Balaban J connectivity index is 2.14. The molecule has 1 heterocycles. The summed E-state index contributed by atoms with van der Waals surface area (Å²) in [6, 6.07) is 4.98. The van der Waals surface area contributed by atoms with Crippen LogP contribution in [-0.2, 0) is 10.0 Å². The van der Waals surface area contributed by atoms with Crippen LogP contribution in [0.1, 0.15) is 12.8 Å². The zero-order chi connectivity index (χ0) is 14.8. The van der Waals surface area contributed by atoms with Gasteiger partial charge in [-0.3, -0.25) is 10.1 Å². The van der Waals surface area contributed by atoms with E-state index in [0.29, 0.717) is 0 Å². The summed E-state index contributed by atoms with van der Waals surface area (Å²) in [7, 11) is -1.72. The summed E-state index contributed by atoms with van der Waals surface area (Å²) in [5.74, 6) is 0.